The summed E-state index contributed by atoms with van der Waals surface area (Å²) in [7, 11) is 1.67. The molecule has 2 fully saturated rings. The Morgan fingerprint density at radius 3 is 2.92 bits per heavy atom. The van der Waals surface area contributed by atoms with E-state index in [1.807, 2.05) is 17.0 Å². The minimum absolute atomic E-state index is 0.0737. The van der Waals surface area contributed by atoms with Crippen LogP contribution in [0.4, 0.5) is 4.79 Å². The fourth-order valence-electron chi connectivity index (χ4n) is 3.88. The molecular weight excluding hydrogens is 308 g/mol. The Kier molecular flexibility index (Phi) is 3.42. The lowest BCUT2D eigenvalue weighted by molar-refractivity contribution is 0.125. The van der Waals surface area contributed by atoms with Gasteiger partial charge >= 0.3 is 11.8 Å². The lowest BCUT2D eigenvalue weighted by Crippen LogP contribution is -2.45. The highest BCUT2D eigenvalue weighted by atomic mass is 16.4. The number of hydrogen-bond donors (Lipinski definition) is 2. The molecule has 4 rings (SSSR count). The van der Waals surface area contributed by atoms with E-state index in [4.69, 9.17) is 10.2 Å². The van der Waals surface area contributed by atoms with Crippen LogP contribution in [-0.2, 0) is 13.6 Å². The lowest BCUT2D eigenvalue weighted by atomic mass is 9.66. The van der Waals surface area contributed by atoms with E-state index in [1.165, 1.54) is 11.0 Å². The number of nitrogens with zero attached hydrogens (tertiary/aromatic N) is 2. The molecule has 1 unspecified atom stereocenters. The highest BCUT2D eigenvalue weighted by Gasteiger charge is 2.49. The van der Waals surface area contributed by atoms with Crippen LogP contribution in [0, 0.1) is 5.41 Å². The zero-order valence-corrected chi connectivity index (χ0v) is 13.7. The number of aromatic nitrogens is 1. The van der Waals surface area contributed by atoms with Crippen molar-refractivity contribution in [3.8, 4) is 0 Å². The van der Waals surface area contributed by atoms with E-state index >= 15 is 0 Å². The summed E-state index contributed by atoms with van der Waals surface area (Å²) in [4.78, 5) is 25.8. The van der Waals surface area contributed by atoms with E-state index in [0.717, 1.165) is 30.5 Å². The van der Waals surface area contributed by atoms with Crippen molar-refractivity contribution in [1.82, 2.24) is 14.8 Å². The summed E-state index contributed by atoms with van der Waals surface area (Å²) in [5.74, 6) is -0.386. The molecule has 1 aromatic carbocycles. The van der Waals surface area contributed by atoms with Crippen LogP contribution in [0.15, 0.2) is 27.4 Å². The first-order chi connectivity index (χ1) is 11.5. The Bertz CT molecular complexity index is 849. The Morgan fingerprint density at radius 2 is 2.25 bits per heavy atom. The van der Waals surface area contributed by atoms with Gasteiger partial charge in [-0.05, 0) is 30.5 Å². The molecule has 0 radical (unpaired) electrons. The number of benzene rings is 1. The molecule has 24 heavy (non-hydrogen) atoms. The van der Waals surface area contributed by atoms with Gasteiger partial charge in [-0.15, -0.1) is 0 Å². The van der Waals surface area contributed by atoms with Gasteiger partial charge in [0, 0.05) is 38.1 Å². The molecule has 1 aliphatic heterocycles. The number of urea groups is 1. The van der Waals surface area contributed by atoms with Crippen molar-refractivity contribution in [1.29, 1.82) is 0 Å². The largest absolute Gasteiger partial charge is 0.419 e. The second kappa shape index (κ2) is 5.37. The van der Waals surface area contributed by atoms with Crippen molar-refractivity contribution in [2.75, 3.05) is 13.1 Å². The molecule has 2 amide bonds. The molecule has 2 aromatic rings. The number of likely N-dealkylation sites (tertiary alicyclic amines) is 1. The predicted molar refractivity (Wildman–Crippen MR) is 89.5 cm³/mol. The maximum Gasteiger partial charge on any atom is 0.419 e. The lowest BCUT2D eigenvalue weighted by Gasteiger charge is -2.41. The predicted octanol–water partition coefficient (Wildman–Crippen LogP) is 1.15. The number of carbonyl (C=O) groups excluding carboxylic acids is 1. The molecular formula is C17H22N4O3. The monoisotopic (exact) mass is 330 g/mol. The average Bonchev–Trinajstić information content (AvgIpc) is 3.03. The first kappa shape index (κ1) is 15.3. The average molecular weight is 330 g/mol. The minimum Gasteiger partial charge on any atom is -0.408 e. The summed E-state index contributed by atoms with van der Waals surface area (Å²) in [6.45, 7) is 1.79. The molecule has 7 nitrogen and oxygen atoms in total. The molecule has 1 aliphatic carbocycles. The molecule has 0 bridgehead atoms. The van der Waals surface area contributed by atoms with Gasteiger partial charge < -0.3 is 20.4 Å². The van der Waals surface area contributed by atoms with Gasteiger partial charge in [0.05, 0.1) is 5.52 Å². The molecule has 1 atom stereocenters. The van der Waals surface area contributed by atoms with Gasteiger partial charge in [-0.25, -0.2) is 9.59 Å². The highest BCUT2D eigenvalue weighted by Crippen LogP contribution is 2.47. The van der Waals surface area contributed by atoms with Crippen LogP contribution in [0.5, 0.6) is 0 Å². The fourth-order valence-corrected chi connectivity index (χ4v) is 3.88. The SMILES string of the molecule is Cn1c(=O)oc2ccc(CNC(=O)N3CC(N)C4(CCC4)C3)cc21. The molecule has 3 N–H and O–H groups in total. The fraction of sp³-hybridized carbons (Fsp3) is 0.529. The summed E-state index contributed by atoms with van der Waals surface area (Å²) in [6, 6.07) is 5.50. The van der Waals surface area contributed by atoms with Crippen LogP contribution in [0.25, 0.3) is 11.1 Å². The van der Waals surface area contributed by atoms with Gasteiger partial charge in [0.25, 0.3) is 0 Å². The molecule has 128 valence electrons. The van der Waals surface area contributed by atoms with Crippen LogP contribution in [0.3, 0.4) is 0 Å². The van der Waals surface area contributed by atoms with Crippen LogP contribution in [0.1, 0.15) is 24.8 Å². The summed E-state index contributed by atoms with van der Waals surface area (Å²) in [5.41, 5.74) is 8.59. The Hall–Kier alpha value is -2.28. The first-order valence-corrected chi connectivity index (χ1v) is 8.35. The van der Waals surface area contributed by atoms with Crippen molar-refractivity contribution in [3.63, 3.8) is 0 Å². The first-order valence-electron chi connectivity index (χ1n) is 8.35. The normalized spacial score (nSPS) is 22.1. The Morgan fingerprint density at radius 1 is 1.46 bits per heavy atom. The van der Waals surface area contributed by atoms with Gasteiger partial charge in [0.15, 0.2) is 5.58 Å². The van der Waals surface area contributed by atoms with E-state index in [-0.39, 0.29) is 23.2 Å². The van der Waals surface area contributed by atoms with E-state index in [2.05, 4.69) is 5.32 Å². The molecule has 1 saturated heterocycles. The zero-order chi connectivity index (χ0) is 16.9. The third kappa shape index (κ3) is 2.31. The summed E-state index contributed by atoms with van der Waals surface area (Å²) in [5, 5.41) is 2.95. The van der Waals surface area contributed by atoms with Crippen LogP contribution in [-0.4, -0.2) is 34.6 Å². The summed E-state index contributed by atoms with van der Waals surface area (Å²) in [6.07, 6.45) is 3.47. The number of nitrogens with one attached hydrogen (secondary N) is 1. The van der Waals surface area contributed by atoms with Gasteiger partial charge in [-0.3, -0.25) is 4.57 Å². The molecule has 7 heteroatoms. The van der Waals surface area contributed by atoms with E-state index < -0.39 is 0 Å². The Balaban J connectivity index is 1.42. The quantitative estimate of drug-likeness (QED) is 0.864. The second-order valence-corrected chi connectivity index (χ2v) is 7.09. The van der Waals surface area contributed by atoms with Gasteiger partial charge in [-0.2, -0.15) is 0 Å². The molecule has 1 aromatic heterocycles. The minimum atomic E-state index is -0.386. The smallest absolute Gasteiger partial charge is 0.408 e. The number of oxazole rings is 1. The number of aryl methyl sites for hydroxylation is 1. The zero-order valence-electron chi connectivity index (χ0n) is 13.7. The number of carbonyl (C=O) groups is 1. The van der Waals surface area contributed by atoms with Crippen molar-refractivity contribution < 1.29 is 9.21 Å². The highest BCUT2D eigenvalue weighted by molar-refractivity contribution is 5.76. The number of rotatable bonds is 2. The number of hydrogen-bond acceptors (Lipinski definition) is 4. The van der Waals surface area contributed by atoms with E-state index in [9.17, 15) is 9.59 Å². The molecule has 2 aliphatic rings. The van der Waals surface area contributed by atoms with Crippen molar-refractivity contribution >= 4 is 17.1 Å². The van der Waals surface area contributed by atoms with Gasteiger partial charge in [0.1, 0.15) is 0 Å². The summed E-state index contributed by atoms with van der Waals surface area (Å²) >= 11 is 0. The second-order valence-electron chi connectivity index (χ2n) is 7.09. The van der Waals surface area contributed by atoms with E-state index in [0.29, 0.717) is 18.7 Å². The van der Waals surface area contributed by atoms with E-state index in [1.54, 1.807) is 13.1 Å². The standard InChI is InChI=1S/C17H22N4O3/c1-20-12-7-11(3-4-13(12)24-16(20)23)8-19-15(22)21-9-14(18)17(10-21)5-2-6-17/h3-4,7,14H,2,5-6,8-10,18H2,1H3,(H,19,22). The molecule has 1 saturated carbocycles. The maximum absolute atomic E-state index is 12.4. The van der Waals surface area contributed by atoms with Crippen LogP contribution >= 0.6 is 0 Å². The third-order valence-electron chi connectivity index (χ3n) is 5.65. The van der Waals surface area contributed by atoms with Crippen molar-refractivity contribution in [2.24, 2.45) is 18.2 Å². The van der Waals surface area contributed by atoms with Crippen LogP contribution < -0.4 is 16.8 Å². The molecule has 1 spiro atoms. The number of nitrogens with two attached hydrogens (primary N) is 1. The summed E-state index contributed by atoms with van der Waals surface area (Å²) < 4.78 is 6.57. The van der Waals surface area contributed by atoms with Crippen LogP contribution in [0.2, 0.25) is 0 Å². The van der Waals surface area contributed by atoms with Crippen molar-refractivity contribution in [3.05, 3.63) is 34.3 Å². The maximum atomic E-state index is 12.4. The number of fused-ring (bicyclic) bond motifs is 1. The van der Waals surface area contributed by atoms with Gasteiger partial charge in [-0.1, -0.05) is 12.5 Å². The topological polar surface area (TPSA) is 93.5 Å². The Labute approximate surface area is 139 Å². The number of amides is 2. The van der Waals surface area contributed by atoms with Crippen molar-refractivity contribution in [2.45, 2.75) is 31.8 Å². The van der Waals surface area contributed by atoms with Gasteiger partial charge in [0.2, 0.25) is 0 Å². The third-order valence-corrected chi connectivity index (χ3v) is 5.65. The molecule has 2 heterocycles.